The van der Waals surface area contributed by atoms with Gasteiger partial charge in [0.1, 0.15) is 0 Å². The molecule has 0 aliphatic heterocycles. The van der Waals surface area contributed by atoms with Gasteiger partial charge in [0, 0.05) is 19.1 Å². The Labute approximate surface area is 100.0 Å². The Kier molecular flexibility index (Phi) is 3.50. The van der Waals surface area contributed by atoms with E-state index in [0.717, 1.165) is 5.56 Å². The molecule has 0 aromatic heterocycles. The number of hydrogen-bond acceptors (Lipinski definition) is 3. The summed E-state index contributed by atoms with van der Waals surface area (Å²) in [6, 6.07) is 4.53. The lowest BCUT2D eigenvalue weighted by molar-refractivity contribution is -0.384. The number of carbonyl (C=O) groups is 1. The second-order valence-electron chi connectivity index (χ2n) is 4.92. The van der Waals surface area contributed by atoms with Crippen molar-refractivity contribution < 1.29 is 9.72 Å². The van der Waals surface area contributed by atoms with Gasteiger partial charge in [0.2, 0.25) is 5.91 Å². The molecule has 0 saturated carbocycles. The van der Waals surface area contributed by atoms with E-state index in [4.69, 9.17) is 0 Å². The molecule has 1 N–H and O–H groups in total. The van der Waals surface area contributed by atoms with Crippen molar-refractivity contribution >= 4 is 17.3 Å². The van der Waals surface area contributed by atoms with E-state index >= 15 is 0 Å². The van der Waals surface area contributed by atoms with Gasteiger partial charge in [-0.3, -0.25) is 14.9 Å². The molecule has 0 radical (unpaired) electrons. The Balaban J connectivity index is 3.31. The van der Waals surface area contributed by atoms with Crippen molar-refractivity contribution in [1.29, 1.82) is 0 Å². The Morgan fingerprint density at radius 1 is 1.35 bits per heavy atom. The van der Waals surface area contributed by atoms with Crippen LogP contribution in [-0.4, -0.2) is 10.8 Å². The molecule has 0 bridgehead atoms. The summed E-state index contributed by atoms with van der Waals surface area (Å²) in [5.74, 6) is -0.240. The molecule has 5 nitrogen and oxygen atoms in total. The number of carbonyl (C=O) groups excluding carboxylic acids is 1. The molecule has 0 unspecified atom stereocenters. The number of benzene rings is 1. The minimum absolute atomic E-state index is 0.0262. The van der Waals surface area contributed by atoms with Gasteiger partial charge in [0.05, 0.1) is 10.6 Å². The summed E-state index contributed by atoms with van der Waals surface area (Å²) in [4.78, 5) is 21.3. The van der Waals surface area contributed by atoms with Gasteiger partial charge in [-0.05, 0) is 17.0 Å². The molecule has 1 aromatic rings. The summed E-state index contributed by atoms with van der Waals surface area (Å²) >= 11 is 0. The monoisotopic (exact) mass is 236 g/mol. The number of nitro benzene ring substituents is 1. The van der Waals surface area contributed by atoms with Crippen molar-refractivity contribution in [3.63, 3.8) is 0 Å². The normalized spacial score (nSPS) is 11.1. The Morgan fingerprint density at radius 2 is 1.94 bits per heavy atom. The predicted octanol–water partition coefficient (Wildman–Crippen LogP) is 2.85. The second kappa shape index (κ2) is 4.53. The Morgan fingerprint density at radius 3 is 2.35 bits per heavy atom. The molecule has 0 aliphatic rings. The van der Waals surface area contributed by atoms with Crippen molar-refractivity contribution in [2.75, 3.05) is 5.32 Å². The third-order valence-corrected chi connectivity index (χ3v) is 2.33. The number of nitro groups is 1. The minimum Gasteiger partial charge on any atom is -0.326 e. The molecule has 0 aliphatic carbocycles. The zero-order valence-corrected chi connectivity index (χ0v) is 10.4. The number of anilines is 1. The molecule has 1 aromatic carbocycles. The van der Waals surface area contributed by atoms with Gasteiger partial charge in [0.25, 0.3) is 5.69 Å². The third kappa shape index (κ3) is 3.27. The first-order valence-electron chi connectivity index (χ1n) is 5.28. The van der Waals surface area contributed by atoms with Crippen LogP contribution >= 0.6 is 0 Å². The maximum absolute atomic E-state index is 11.1. The van der Waals surface area contributed by atoms with Crippen LogP contribution in [-0.2, 0) is 10.2 Å². The number of rotatable bonds is 2. The number of hydrogen-bond donors (Lipinski definition) is 1. The van der Waals surface area contributed by atoms with E-state index in [2.05, 4.69) is 5.32 Å². The van der Waals surface area contributed by atoms with Crippen molar-refractivity contribution in [3.05, 3.63) is 33.9 Å². The van der Waals surface area contributed by atoms with Crippen LogP contribution in [0.25, 0.3) is 0 Å². The van der Waals surface area contributed by atoms with Gasteiger partial charge in [-0.25, -0.2) is 0 Å². The maximum Gasteiger partial charge on any atom is 0.271 e. The van der Waals surface area contributed by atoms with Gasteiger partial charge in [0.15, 0.2) is 0 Å². The maximum atomic E-state index is 11.1. The van der Waals surface area contributed by atoms with E-state index in [1.165, 1.54) is 19.1 Å². The zero-order chi connectivity index (χ0) is 13.2. The van der Waals surface area contributed by atoms with E-state index < -0.39 is 4.92 Å². The van der Waals surface area contributed by atoms with Gasteiger partial charge in [-0.2, -0.15) is 0 Å². The molecule has 0 atom stereocenters. The summed E-state index contributed by atoms with van der Waals surface area (Å²) in [5, 5.41) is 13.3. The fourth-order valence-electron chi connectivity index (χ4n) is 1.59. The van der Waals surface area contributed by atoms with Crippen LogP contribution in [0.3, 0.4) is 0 Å². The van der Waals surface area contributed by atoms with Gasteiger partial charge in [-0.15, -0.1) is 0 Å². The first-order chi connectivity index (χ1) is 7.71. The number of nitrogens with one attached hydrogen (secondary N) is 1. The van der Waals surface area contributed by atoms with Crippen molar-refractivity contribution in [2.45, 2.75) is 33.1 Å². The highest BCUT2D eigenvalue weighted by atomic mass is 16.6. The fourth-order valence-corrected chi connectivity index (χ4v) is 1.59. The molecule has 0 spiro atoms. The number of nitrogens with zero attached hydrogens (tertiary/aromatic N) is 1. The molecule has 17 heavy (non-hydrogen) atoms. The van der Waals surface area contributed by atoms with Gasteiger partial charge in [-0.1, -0.05) is 20.8 Å². The topological polar surface area (TPSA) is 72.2 Å². The predicted molar refractivity (Wildman–Crippen MR) is 66.1 cm³/mol. The molecular formula is C12H16N2O3. The Hall–Kier alpha value is -1.91. The van der Waals surface area contributed by atoms with Crippen LogP contribution in [0, 0.1) is 10.1 Å². The first kappa shape index (κ1) is 13.2. The molecule has 92 valence electrons. The summed E-state index contributed by atoms with van der Waals surface area (Å²) in [6.07, 6.45) is 0. The summed E-state index contributed by atoms with van der Waals surface area (Å²) < 4.78 is 0. The highest BCUT2D eigenvalue weighted by molar-refractivity contribution is 5.90. The zero-order valence-electron chi connectivity index (χ0n) is 10.4. The van der Waals surface area contributed by atoms with E-state index in [-0.39, 0.29) is 17.0 Å². The summed E-state index contributed by atoms with van der Waals surface area (Å²) in [7, 11) is 0. The molecule has 0 fully saturated rings. The quantitative estimate of drug-likeness (QED) is 0.633. The molecule has 1 amide bonds. The van der Waals surface area contributed by atoms with E-state index in [0.29, 0.717) is 5.69 Å². The van der Waals surface area contributed by atoms with Gasteiger partial charge < -0.3 is 5.32 Å². The fraction of sp³-hybridized carbons (Fsp3) is 0.417. The summed E-state index contributed by atoms with van der Waals surface area (Å²) in [5.41, 5.74) is 1.16. The number of amides is 1. The van der Waals surface area contributed by atoms with Crippen LogP contribution in [0.2, 0.25) is 0 Å². The molecule has 1 rings (SSSR count). The van der Waals surface area contributed by atoms with Crippen LogP contribution in [0.1, 0.15) is 33.3 Å². The lowest BCUT2D eigenvalue weighted by Crippen LogP contribution is -2.17. The highest BCUT2D eigenvalue weighted by Crippen LogP contribution is 2.32. The van der Waals surface area contributed by atoms with Gasteiger partial charge >= 0.3 is 0 Å². The minimum atomic E-state index is -0.474. The average molecular weight is 236 g/mol. The molecular weight excluding hydrogens is 220 g/mol. The smallest absolute Gasteiger partial charge is 0.271 e. The van der Waals surface area contributed by atoms with E-state index in [1.54, 1.807) is 6.07 Å². The molecule has 0 heterocycles. The van der Waals surface area contributed by atoms with Crippen LogP contribution < -0.4 is 5.32 Å². The molecule has 0 saturated heterocycles. The second-order valence-corrected chi connectivity index (χ2v) is 4.92. The largest absolute Gasteiger partial charge is 0.326 e. The number of non-ortho nitro benzene ring substituents is 1. The van der Waals surface area contributed by atoms with Crippen molar-refractivity contribution in [3.8, 4) is 0 Å². The lowest BCUT2D eigenvalue weighted by atomic mass is 9.85. The van der Waals surface area contributed by atoms with Crippen molar-refractivity contribution in [2.24, 2.45) is 0 Å². The van der Waals surface area contributed by atoms with E-state index in [9.17, 15) is 14.9 Å². The van der Waals surface area contributed by atoms with Crippen LogP contribution in [0.15, 0.2) is 18.2 Å². The SMILES string of the molecule is CC(=O)Nc1cc([N+](=O)[O-])ccc1C(C)(C)C. The summed E-state index contributed by atoms with van der Waals surface area (Å²) in [6.45, 7) is 7.34. The van der Waals surface area contributed by atoms with E-state index in [1.807, 2.05) is 20.8 Å². The molecule has 5 heteroatoms. The average Bonchev–Trinajstić information content (AvgIpc) is 2.14. The van der Waals surface area contributed by atoms with Crippen molar-refractivity contribution in [1.82, 2.24) is 0 Å². The first-order valence-corrected chi connectivity index (χ1v) is 5.28. The standard InChI is InChI=1S/C12H16N2O3/c1-8(15)13-11-7-9(14(16)17)5-6-10(11)12(2,3)4/h5-7H,1-4H3,(H,13,15). The lowest BCUT2D eigenvalue weighted by Gasteiger charge is -2.22. The van der Waals surface area contributed by atoms with Crippen LogP contribution in [0.4, 0.5) is 11.4 Å². The Bertz CT molecular complexity index is 461. The third-order valence-electron chi connectivity index (χ3n) is 2.33. The van der Waals surface area contributed by atoms with Crippen LogP contribution in [0.5, 0.6) is 0 Å². The highest BCUT2D eigenvalue weighted by Gasteiger charge is 2.21.